The summed E-state index contributed by atoms with van der Waals surface area (Å²) >= 11 is 0. The molecule has 5 aliphatic heterocycles. The number of benzene rings is 1. The number of piperazine rings is 1. The summed E-state index contributed by atoms with van der Waals surface area (Å²) in [6.45, 7) is 3.63. The van der Waals surface area contributed by atoms with Crippen LogP contribution in [-0.2, 0) is 81.3 Å². The Hall–Kier alpha value is -7.91. The van der Waals surface area contributed by atoms with Crippen molar-refractivity contribution in [1.82, 2.24) is 67.1 Å². The number of aromatic amines is 1. The molecule has 1 unspecified atom stereocenters. The number of amides is 12. The van der Waals surface area contributed by atoms with E-state index in [1.54, 1.807) is 13.8 Å². The standard InChI is InChI=1S/C52H72N14O17S/c1-4-25(2)43-49(80)56-18-38(72)57-33-24-84(83)51-29(28-5-6-35(69)30(45(28)62-51)21-64-13-11-63(12-14-64)10-9-54-40(74)22-66-41(75)7-8-42(66)76)16-31(46(77)55-19-39(73)60-43)58-50(81)44(26(3)36(70)23-67)61-48(79)34-15-27(68)20-65(34)52(82)32(17-37(53)71)59-47(33)78/h5-8,25-27,31-34,36,43-44,62,67-70H,4,9-24H2,1-3H3,(H2,53,71)(H,54,74)(H,55,77)(H,56,80)(H,57,72)(H,58,81)(H,59,78)(H,60,73)(H,61,79)/t25-,26+,27+,31+,32-,33+,34-,36+,43-,44-,84?/m0/s1. The van der Waals surface area contributed by atoms with Crippen molar-refractivity contribution in [3.63, 3.8) is 0 Å². The summed E-state index contributed by atoms with van der Waals surface area (Å²) in [5.74, 6) is -14.2. The van der Waals surface area contributed by atoms with Gasteiger partial charge in [-0.2, -0.15) is 0 Å². The van der Waals surface area contributed by atoms with Gasteiger partial charge in [0, 0.05) is 94.2 Å². The van der Waals surface area contributed by atoms with Gasteiger partial charge in [0.2, 0.25) is 59.1 Å². The van der Waals surface area contributed by atoms with Gasteiger partial charge in [-0.1, -0.05) is 27.2 Å². The van der Waals surface area contributed by atoms with Gasteiger partial charge < -0.3 is 78.6 Å². The third-order valence-corrected chi connectivity index (χ3v) is 17.0. The molecule has 6 heterocycles. The quantitative estimate of drug-likeness (QED) is 0.0781. The molecule has 458 valence electrons. The monoisotopic (exact) mass is 1200 g/mol. The number of nitrogens with two attached hydrogens (primary N) is 1. The second kappa shape index (κ2) is 28.1. The second-order valence-corrected chi connectivity index (χ2v) is 22.9. The zero-order valence-electron chi connectivity index (χ0n) is 46.5. The molecule has 2 fully saturated rings. The smallest absolute Gasteiger partial charge is 0.254 e. The van der Waals surface area contributed by atoms with Crippen molar-refractivity contribution in [2.45, 2.75) is 106 Å². The number of rotatable bonds is 14. The number of fused-ring (bicyclic) bond motifs is 5. The zero-order valence-corrected chi connectivity index (χ0v) is 47.3. The lowest BCUT2D eigenvalue weighted by Crippen LogP contribution is -2.62. The number of hydrogen-bond donors (Lipinski definition) is 14. The van der Waals surface area contributed by atoms with Crippen LogP contribution < -0.4 is 48.3 Å². The second-order valence-electron chi connectivity index (χ2n) is 21.5. The number of hydrogen-bond acceptors (Lipinski definition) is 19. The molecule has 15 N–H and O–H groups in total. The van der Waals surface area contributed by atoms with Crippen molar-refractivity contribution in [3.8, 4) is 5.75 Å². The summed E-state index contributed by atoms with van der Waals surface area (Å²) in [4.78, 5) is 172. The maximum atomic E-state index is 15.3. The van der Waals surface area contributed by atoms with E-state index < -0.39 is 200 Å². The number of aliphatic hydroxyl groups is 3. The van der Waals surface area contributed by atoms with E-state index in [2.05, 4.69) is 52.4 Å². The molecule has 2 bridgehead atoms. The Balaban J connectivity index is 1.30. The van der Waals surface area contributed by atoms with Crippen LogP contribution in [0.4, 0.5) is 0 Å². The van der Waals surface area contributed by atoms with E-state index >= 15 is 4.21 Å². The van der Waals surface area contributed by atoms with Gasteiger partial charge in [-0.15, -0.1) is 0 Å². The molecule has 0 aliphatic carbocycles. The first-order chi connectivity index (χ1) is 39.9. The highest BCUT2D eigenvalue weighted by Crippen LogP contribution is 2.35. The molecule has 5 aliphatic rings. The maximum absolute atomic E-state index is 15.3. The highest BCUT2D eigenvalue weighted by Gasteiger charge is 2.45. The van der Waals surface area contributed by atoms with Crippen LogP contribution in [0.3, 0.4) is 0 Å². The fraction of sp³-hybridized carbons (Fsp3) is 0.577. The lowest BCUT2D eigenvalue weighted by molar-refractivity contribution is -0.144. The minimum absolute atomic E-state index is 0.0364. The van der Waals surface area contributed by atoms with Gasteiger partial charge in [-0.05, 0) is 23.6 Å². The summed E-state index contributed by atoms with van der Waals surface area (Å²) in [6, 6.07) is -7.54. The van der Waals surface area contributed by atoms with Gasteiger partial charge in [-0.3, -0.25) is 76.4 Å². The van der Waals surface area contributed by atoms with Crippen molar-refractivity contribution in [2.75, 3.05) is 77.8 Å². The third kappa shape index (κ3) is 15.4. The normalized spacial score (nSPS) is 26.9. The van der Waals surface area contributed by atoms with Crippen molar-refractivity contribution >= 4 is 92.6 Å². The van der Waals surface area contributed by atoms with E-state index in [0.29, 0.717) is 39.1 Å². The highest BCUT2D eigenvalue weighted by atomic mass is 32.2. The third-order valence-electron chi connectivity index (χ3n) is 15.6. The van der Waals surface area contributed by atoms with Crippen LogP contribution in [0.2, 0.25) is 0 Å². The molecule has 1 aromatic heterocycles. The van der Waals surface area contributed by atoms with Gasteiger partial charge in [0.25, 0.3) is 11.8 Å². The van der Waals surface area contributed by atoms with Crippen LogP contribution in [0.15, 0.2) is 29.3 Å². The number of carbonyl (C=O) groups excluding carboxylic acids is 12. The number of H-pyrrole nitrogens is 1. The van der Waals surface area contributed by atoms with E-state index in [-0.39, 0.29) is 45.9 Å². The molecule has 32 heteroatoms. The molecule has 31 nitrogen and oxygen atoms in total. The fourth-order valence-electron chi connectivity index (χ4n) is 10.5. The Morgan fingerprint density at radius 2 is 1.46 bits per heavy atom. The molecule has 84 heavy (non-hydrogen) atoms. The molecule has 0 spiro atoms. The SMILES string of the molecule is CC[C@H](C)[C@@H]1NC(=O)CNC(=O)[C@H]2Cc3c([nH]c4c(CN5CCN(CCNC(=O)CN6C(=O)C=CC6=O)CC5)c(O)ccc34)S(=O)C[C@@H](NC(=O)CNC1=O)C(=O)N[C@@H](CC(N)=O)C(=O)N1C[C@H](O)C[C@H]1C(=O)N[C@@H]([C@H](C)[C@H](O)CO)C(=O)N2. The Kier molecular flexibility index (Phi) is 21.3. The van der Waals surface area contributed by atoms with Gasteiger partial charge in [0.1, 0.15) is 53.6 Å². The lowest BCUT2D eigenvalue weighted by atomic mass is 9.93. The Morgan fingerprint density at radius 1 is 0.810 bits per heavy atom. The van der Waals surface area contributed by atoms with Crippen LogP contribution >= 0.6 is 0 Å². The first kappa shape index (κ1) is 63.7. The molecule has 12 amide bonds. The summed E-state index contributed by atoms with van der Waals surface area (Å²) in [7, 11) is -2.50. The highest BCUT2D eigenvalue weighted by molar-refractivity contribution is 7.85. The molecule has 2 saturated heterocycles. The number of phenolic OH excluding ortho intramolecular Hbond substituents is 1. The minimum Gasteiger partial charge on any atom is -0.508 e. The van der Waals surface area contributed by atoms with Gasteiger partial charge in [0.15, 0.2) is 0 Å². The number of nitrogens with one attached hydrogen (secondary N) is 9. The number of phenols is 1. The Labute approximate surface area is 483 Å². The number of primary amides is 1. The predicted octanol–water partition coefficient (Wildman–Crippen LogP) is -7.76. The first-order valence-electron chi connectivity index (χ1n) is 27.5. The van der Waals surface area contributed by atoms with Crippen LogP contribution in [0, 0.1) is 11.8 Å². The first-order valence-corrected chi connectivity index (χ1v) is 28.8. The number of imide groups is 1. The topological polar surface area (TPSA) is 454 Å². The fourth-order valence-corrected chi connectivity index (χ4v) is 11.9. The van der Waals surface area contributed by atoms with Crippen LogP contribution in [0.1, 0.15) is 51.2 Å². The number of aromatic hydroxyl groups is 1. The Bertz CT molecular complexity index is 2970. The zero-order chi connectivity index (χ0) is 61.3. The molecule has 0 saturated carbocycles. The number of carbonyl (C=O) groups is 12. The number of nitrogens with zero attached hydrogens (tertiary/aromatic N) is 4. The maximum Gasteiger partial charge on any atom is 0.254 e. The van der Waals surface area contributed by atoms with Gasteiger partial charge in [0.05, 0.1) is 60.4 Å². The van der Waals surface area contributed by atoms with Crippen LogP contribution in [-0.4, -0.2) is 246 Å². The summed E-state index contributed by atoms with van der Waals surface area (Å²) in [5, 5.41) is 63.5. The van der Waals surface area contributed by atoms with Gasteiger partial charge >= 0.3 is 0 Å². The number of aromatic nitrogens is 1. The van der Waals surface area contributed by atoms with E-state index in [1.165, 1.54) is 19.1 Å². The van der Waals surface area contributed by atoms with Crippen molar-refractivity contribution in [1.29, 1.82) is 0 Å². The molecule has 7 rings (SSSR count). The van der Waals surface area contributed by atoms with Crippen LogP contribution in [0.25, 0.3) is 10.9 Å². The van der Waals surface area contributed by atoms with E-state index in [1.807, 2.05) is 4.90 Å². The lowest BCUT2D eigenvalue weighted by Gasteiger charge is -2.34. The average Bonchev–Trinajstić information content (AvgIpc) is 2.36. The minimum atomic E-state index is -2.50. The van der Waals surface area contributed by atoms with E-state index in [4.69, 9.17) is 5.73 Å². The average molecular weight is 1200 g/mol. The summed E-state index contributed by atoms with van der Waals surface area (Å²) < 4.78 is 15.3. The van der Waals surface area contributed by atoms with Crippen LogP contribution in [0.5, 0.6) is 5.75 Å². The van der Waals surface area contributed by atoms with E-state index in [0.717, 1.165) is 22.0 Å². The van der Waals surface area contributed by atoms with Crippen molar-refractivity contribution < 1.29 is 82.2 Å². The largest absolute Gasteiger partial charge is 0.508 e. The van der Waals surface area contributed by atoms with E-state index in [9.17, 15) is 78.0 Å². The summed E-state index contributed by atoms with van der Waals surface area (Å²) in [6.07, 6.45) is -2.53. The molecular formula is C52H72N14O17S. The number of aliphatic hydroxyl groups excluding tert-OH is 3. The van der Waals surface area contributed by atoms with Crippen molar-refractivity contribution in [3.05, 3.63) is 35.4 Å². The summed E-state index contributed by atoms with van der Waals surface area (Å²) in [5.41, 5.74) is 6.05. The molecule has 2 aromatic rings. The predicted molar refractivity (Wildman–Crippen MR) is 293 cm³/mol. The molecular weight excluding hydrogens is 1120 g/mol. The van der Waals surface area contributed by atoms with Gasteiger partial charge in [-0.25, -0.2) is 0 Å². The Morgan fingerprint density at radius 3 is 2.12 bits per heavy atom. The molecule has 1 aromatic carbocycles. The molecule has 0 radical (unpaired) electrons. The molecule has 11 atom stereocenters. The van der Waals surface area contributed by atoms with Crippen molar-refractivity contribution in [2.24, 2.45) is 17.6 Å².